The molecule has 0 bridgehead atoms. The summed E-state index contributed by atoms with van der Waals surface area (Å²) in [6, 6.07) is 10.3. The maximum Gasteiger partial charge on any atom is 0.181 e. The third-order valence-corrected chi connectivity index (χ3v) is 3.30. The summed E-state index contributed by atoms with van der Waals surface area (Å²) < 4.78 is 0. The number of hydrogen-bond acceptors (Lipinski definition) is 3. The minimum atomic E-state index is 0.279. The largest absolute Gasteiger partial charge is 0.328 e. The van der Waals surface area contributed by atoms with Crippen LogP contribution in [0.1, 0.15) is 44.9 Å². The zero-order chi connectivity index (χ0) is 13.7. The molecular weight excluding hydrogens is 236 g/mol. The van der Waals surface area contributed by atoms with Crippen LogP contribution in [0.4, 0.5) is 0 Å². The third-order valence-electron chi connectivity index (χ3n) is 3.30. The van der Waals surface area contributed by atoms with Crippen LogP contribution in [-0.2, 0) is 0 Å². The van der Waals surface area contributed by atoms with Gasteiger partial charge >= 0.3 is 0 Å². The number of nitrogens with two attached hydrogens (primary N) is 1. The van der Waals surface area contributed by atoms with Gasteiger partial charge in [-0.1, -0.05) is 43.7 Å². The van der Waals surface area contributed by atoms with Crippen molar-refractivity contribution in [1.82, 2.24) is 15.2 Å². The Morgan fingerprint density at radius 2 is 1.89 bits per heavy atom. The zero-order valence-corrected chi connectivity index (χ0v) is 11.6. The van der Waals surface area contributed by atoms with Gasteiger partial charge in [0.25, 0.3) is 0 Å². The van der Waals surface area contributed by atoms with Crippen LogP contribution in [0.3, 0.4) is 0 Å². The third kappa shape index (κ3) is 3.89. The second-order valence-corrected chi connectivity index (χ2v) is 5.22. The molecule has 0 spiro atoms. The Labute approximate surface area is 114 Å². The predicted octanol–water partition coefficient (Wildman–Crippen LogP) is 3.09. The number of nitrogens with one attached hydrogen (secondary N) is 1. The van der Waals surface area contributed by atoms with Crippen molar-refractivity contribution >= 4 is 0 Å². The summed E-state index contributed by atoms with van der Waals surface area (Å²) in [5.41, 5.74) is 6.81. The summed E-state index contributed by atoms with van der Waals surface area (Å²) in [4.78, 5) is 4.58. The molecule has 0 aliphatic heterocycles. The van der Waals surface area contributed by atoms with E-state index in [0.717, 1.165) is 36.5 Å². The Hall–Kier alpha value is -1.68. The molecule has 0 aliphatic carbocycles. The number of rotatable bonds is 6. The van der Waals surface area contributed by atoms with Gasteiger partial charge < -0.3 is 5.73 Å². The summed E-state index contributed by atoms with van der Waals surface area (Å²) in [6.45, 7) is 4.23. The Bertz CT molecular complexity index is 490. The second-order valence-electron chi connectivity index (χ2n) is 5.22. The van der Waals surface area contributed by atoms with Crippen molar-refractivity contribution < 1.29 is 0 Å². The molecule has 0 aliphatic rings. The number of aromatic amines is 1. The molecule has 102 valence electrons. The van der Waals surface area contributed by atoms with Gasteiger partial charge in [-0.15, -0.1) is 0 Å². The average molecular weight is 258 g/mol. The van der Waals surface area contributed by atoms with Crippen molar-refractivity contribution in [3.8, 4) is 11.4 Å². The fourth-order valence-corrected chi connectivity index (χ4v) is 2.09. The summed E-state index contributed by atoms with van der Waals surface area (Å²) in [6.07, 6.45) is 3.27. The van der Waals surface area contributed by atoms with E-state index in [1.54, 1.807) is 0 Å². The van der Waals surface area contributed by atoms with Crippen molar-refractivity contribution in [2.75, 3.05) is 0 Å². The minimum absolute atomic E-state index is 0.279. The molecule has 4 nitrogen and oxygen atoms in total. The molecule has 1 aromatic heterocycles. The first-order valence-corrected chi connectivity index (χ1v) is 6.90. The molecule has 19 heavy (non-hydrogen) atoms. The second kappa shape index (κ2) is 6.48. The molecule has 1 heterocycles. The van der Waals surface area contributed by atoms with E-state index in [2.05, 4.69) is 22.1 Å². The van der Waals surface area contributed by atoms with Gasteiger partial charge in [0.15, 0.2) is 5.82 Å². The topological polar surface area (TPSA) is 67.6 Å². The Balaban J connectivity index is 1.97. The predicted molar refractivity (Wildman–Crippen MR) is 77.7 cm³/mol. The number of benzene rings is 1. The lowest BCUT2D eigenvalue weighted by Crippen LogP contribution is -2.14. The lowest BCUT2D eigenvalue weighted by atomic mass is 10.0. The Kier molecular flexibility index (Phi) is 4.68. The summed E-state index contributed by atoms with van der Waals surface area (Å²) in [5, 5.41) is 7.34. The lowest BCUT2D eigenvalue weighted by molar-refractivity contribution is 0.544. The van der Waals surface area contributed by atoms with Crippen molar-refractivity contribution in [1.29, 1.82) is 0 Å². The van der Waals surface area contributed by atoms with E-state index >= 15 is 0 Å². The van der Waals surface area contributed by atoms with E-state index in [1.165, 1.54) is 0 Å². The van der Waals surface area contributed by atoms with Gasteiger partial charge in [-0.25, -0.2) is 4.98 Å². The highest BCUT2D eigenvalue weighted by Crippen LogP contribution is 2.21. The van der Waals surface area contributed by atoms with E-state index in [1.807, 2.05) is 37.3 Å². The van der Waals surface area contributed by atoms with E-state index in [-0.39, 0.29) is 6.04 Å². The average Bonchev–Trinajstić information content (AvgIpc) is 2.89. The van der Waals surface area contributed by atoms with Gasteiger partial charge in [0.05, 0.1) is 0 Å². The van der Waals surface area contributed by atoms with E-state index in [9.17, 15) is 0 Å². The first kappa shape index (κ1) is 13.7. The normalized spacial score (nSPS) is 14.3. The molecule has 0 saturated carbocycles. The summed E-state index contributed by atoms with van der Waals surface area (Å²) >= 11 is 0. The Morgan fingerprint density at radius 1 is 1.16 bits per heavy atom. The SMILES string of the molecule is CC(N)CCCC(C)c1nc(-c2ccccc2)n[nH]1. The van der Waals surface area contributed by atoms with Crippen LogP contribution in [0, 0.1) is 0 Å². The van der Waals surface area contributed by atoms with Gasteiger partial charge in [0, 0.05) is 17.5 Å². The number of hydrogen-bond donors (Lipinski definition) is 2. The first-order chi connectivity index (χ1) is 9.16. The molecule has 2 unspecified atom stereocenters. The number of nitrogens with zero attached hydrogens (tertiary/aromatic N) is 2. The fourth-order valence-electron chi connectivity index (χ4n) is 2.09. The first-order valence-electron chi connectivity index (χ1n) is 6.90. The van der Waals surface area contributed by atoms with Gasteiger partial charge in [-0.2, -0.15) is 5.10 Å². The highest BCUT2D eigenvalue weighted by Gasteiger charge is 2.12. The van der Waals surface area contributed by atoms with Crippen molar-refractivity contribution in [3.63, 3.8) is 0 Å². The van der Waals surface area contributed by atoms with Crippen molar-refractivity contribution in [3.05, 3.63) is 36.2 Å². The molecular formula is C15H22N4. The number of H-pyrrole nitrogens is 1. The van der Waals surface area contributed by atoms with Gasteiger partial charge in [-0.05, 0) is 19.8 Å². The van der Waals surface area contributed by atoms with Crippen LogP contribution < -0.4 is 5.73 Å². The highest BCUT2D eigenvalue weighted by molar-refractivity contribution is 5.53. The van der Waals surface area contributed by atoms with Crippen LogP contribution in [0.25, 0.3) is 11.4 Å². The summed E-state index contributed by atoms with van der Waals surface area (Å²) in [5.74, 6) is 2.13. The van der Waals surface area contributed by atoms with Gasteiger partial charge in [0.2, 0.25) is 0 Å². The molecule has 4 heteroatoms. The smallest absolute Gasteiger partial charge is 0.181 e. The summed E-state index contributed by atoms with van der Waals surface area (Å²) in [7, 11) is 0. The molecule has 0 amide bonds. The molecule has 2 rings (SSSR count). The molecule has 0 saturated heterocycles. The van der Waals surface area contributed by atoms with Crippen LogP contribution >= 0.6 is 0 Å². The van der Waals surface area contributed by atoms with E-state index in [4.69, 9.17) is 5.73 Å². The Morgan fingerprint density at radius 3 is 2.58 bits per heavy atom. The van der Waals surface area contributed by atoms with Crippen LogP contribution in [0.2, 0.25) is 0 Å². The van der Waals surface area contributed by atoms with Gasteiger partial charge in [-0.3, -0.25) is 5.10 Å². The monoisotopic (exact) mass is 258 g/mol. The minimum Gasteiger partial charge on any atom is -0.328 e. The fraction of sp³-hybridized carbons (Fsp3) is 0.467. The van der Waals surface area contributed by atoms with E-state index in [0.29, 0.717) is 5.92 Å². The molecule has 0 radical (unpaired) electrons. The van der Waals surface area contributed by atoms with Gasteiger partial charge in [0.1, 0.15) is 5.82 Å². The zero-order valence-electron chi connectivity index (χ0n) is 11.6. The molecule has 2 atom stereocenters. The van der Waals surface area contributed by atoms with Crippen molar-refractivity contribution in [2.45, 2.75) is 45.1 Å². The molecule has 3 N–H and O–H groups in total. The van der Waals surface area contributed by atoms with Crippen molar-refractivity contribution in [2.24, 2.45) is 5.73 Å². The lowest BCUT2D eigenvalue weighted by Gasteiger charge is -2.09. The number of aromatic nitrogens is 3. The standard InChI is InChI=1S/C15H22N4/c1-11(7-6-8-12(2)16)14-17-15(19-18-14)13-9-4-3-5-10-13/h3-5,9-12H,6-8,16H2,1-2H3,(H,17,18,19). The van der Waals surface area contributed by atoms with Crippen LogP contribution in [0.15, 0.2) is 30.3 Å². The molecule has 1 aromatic carbocycles. The van der Waals surface area contributed by atoms with E-state index < -0.39 is 0 Å². The molecule has 2 aromatic rings. The maximum absolute atomic E-state index is 5.76. The quantitative estimate of drug-likeness (QED) is 0.836. The molecule has 0 fully saturated rings. The van der Waals surface area contributed by atoms with Crippen LogP contribution in [-0.4, -0.2) is 21.2 Å². The highest BCUT2D eigenvalue weighted by atomic mass is 15.2. The maximum atomic E-state index is 5.76. The van der Waals surface area contributed by atoms with Crippen LogP contribution in [0.5, 0.6) is 0 Å².